The Bertz CT molecular complexity index is 1200. The van der Waals surface area contributed by atoms with Crippen molar-refractivity contribution in [3.8, 4) is 0 Å². The summed E-state index contributed by atoms with van der Waals surface area (Å²) >= 11 is 6.35. The highest BCUT2D eigenvalue weighted by atomic mass is 35.5. The molecule has 0 atom stereocenters. The molecule has 0 bridgehead atoms. The number of rotatable bonds is 5. The van der Waals surface area contributed by atoms with Gasteiger partial charge in [0.1, 0.15) is 5.69 Å². The molecule has 7 heteroatoms. The van der Waals surface area contributed by atoms with Gasteiger partial charge in [-0.3, -0.25) is 9.48 Å². The maximum absolute atomic E-state index is 13.2. The summed E-state index contributed by atoms with van der Waals surface area (Å²) in [4.78, 5) is 13.2. The molecular weight excluding hydrogens is 388 g/mol. The Balaban J connectivity index is 1.72. The highest BCUT2D eigenvalue weighted by Gasteiger charge is 2.21. The molecule has 0 aliphatic rings. The minimum absolute atomic E-state index is 0.210. The van der Waals surface area contributed by atoms with Gasteiger partial charge in [-0.1, -0.05) is 29.8 Å². The summed E-state index contributed by atoms with van der Waals surface area (Å²) in [6, 6.07) is 11.5. The lowest BCUT2D eigenvalue weighted by Gasteiger charge is -2.12. The SMILES string of the molecule is Cc1nn(C(C)C)c(C)c1NC(=O)c1cc2occc2n1Cc1ccccc1Cl. The van der Waals surface area contributed by atoms with Gasteiger partial charge in [0.15, 0.2) is 5.58 Å². The van der Waals surface area contributed by atoms with Crippen LogP contribution < -0.4 is 5.32 Å². The highest BCUT2D eigenvalue weighted by molar-refractivity contribution is 6.31. The summed E-state index contributed by atoms with van der Waals surface area (Å²) in [6.07, 6.45) is 1.62. The topological polar surface area (TPSA) is 65.0 Å². The van der Waals surface area contributed by atoms with Gasteiger partial charge in [0, 0.05) is 29.7 Å². The fraction of sp³-hybridized carbons (Fsp3) is 0.273. The Morgan fingerprint density at radius 1 is 1.24 bits per heavy atom. The number of nitrogens with one attached hydrogen (secondary N) is 1. The lowest BCUT2D eigenvalue weighted by Crippen LogP contribution is -2.18. The summed E-state index contributed by atoms with van der Waals surface area (Å²) in [7, 11) is 0. The number of furan rings is 1. The number of aryl methyl sites for hydroxylation is 1. The maximum Gasteiger partial charge on any atom is 0.272 e. The summed E-state index contributed by atoms with van der Waals surface area (Å²) < 4.78 is 9.38. The van der Waals surface area contributed by atoms with E-state index in [2.05, 4.69) is 24.3 Å². The van der Waals surface area contributed by atoms with E-state index < -0.39 is 0 Å². The number of aromatic nitrogens is 3. The molecule has 150 valence electrons. The van der Waals surface area contributed by atoms with E-state index in [1.165, 1.54) is 0 Å². The minimum atomic E-state index is -0.210. The van der Waals surface area contributed by atoms with Crippen LogP contribution in [0.15, 0.2) is 47.1 Å². The lowest BCUT2D eigenvalue weighted by atomic mass is 10.2. The first-order valence-electron chi connectivity index (χ1n) is 9.54. The molecule has 0 aliphatic heterocycles. The second-order valence-electron chi connectivity index (χ2n) is 7.42. The number of nitrogens with zero attached hydrogens (tertiary/aromatic N) is 3. The van der Waals surface area contributed by atoms with Crippen LogP contribution in [-0.4, -0.2) is 20.3 Å². The Labute approximate surface area is 174 Å². The van der Waals surface area contributed by atoms with E-state index in [9.17, 15) is 4.79 Å². The number of carbonyl (C=O) groups is 1. The Kier molecular flexibility index (Phi) is 4.96. The second-order valence-corrected chi connectivity index (χ2v) is 7.82. The van der Waals surface area contributed by atoms with Gasteiger partial charge in [-0.2, -0.15) is 5.10 Å². The molecular formula is C22H23ClN4O2. The van der Waals surface area contributed by atoms with Crippen molar-refractivity contribution in [2.24, 2.45) is 0 Å². The number of hydrogen-bond donors (Lipinski definition) is 1. The van der Waals surface area contributed by atoms with Crippen LogP contribution >= 0.6 is 11.6 Å². The van der Waals surface area contributed by atoms with Crippen molar-refractivity contribution in [3.63, 3.8) is 0 Å². The molecule has 3 aromatic heterocycles. The minimum Gasteiger partial charge on any atom is -0.463 e. The molecule has 0 unspecified atom stereocenters. The van der Waals surface area contributed by atoms with Crippen molar-refractivity contribution in [3.05, 3.63) is 70.3 Å². The van der Waals surface area contributed by atoms with Crippen molar-refractivity contribution >= 4 is 34.3 Å². The van der Waals surface area contributed by atoms with Gasteiger partial charge in [0.05, 0.1) is 28.9 Å². The molecule has 6 nitrogen and oxygen atoms in total. The molecule has 0 aliphatic carbocycles. The van der Waals surface area contributed by atoms with E-state index in [4.69, 9.17) is 16.0 Å². The predicted octanol–water partition coefficient (Wildman–Crippen LogP) is 5.58. The molecule has 4 rings (SSSR count). The molecule has 4 aromatic rings. The molecule has 29 heavy (non-hydrogen) atoms. The number of benzene rings is 1. The quantitative estimate of drug-likeness (QED) is 0.467. The molecule has 0 saturated heterocycles. The third-order valence-electron chi connectivity index (χ3n) is 5.09. The van der Waals surface area contributed by atoms with Gasteiger partial charge >= 0.3 is 0 Å². The zero-order chi connectivity index (χ0) is 20.7. The first-order valence-corrected chi connectivity index (χ1v) is 9.91. The molecule has 0 saturated carbocycles. The first kappa shape index (κ1) is 19.3. The fourth-order valence-electron chi connectivity index (χ4n) is 3.66. The van der Waals surface area contributed by atoms with Gasteiger partial charge in [0.2, 0.25) is 0 Å². The molecule has 3 heterocycles. The highest BCUT2D eigenvalue weighted by Crippen LogP contribution is 2.27. The van der Waals surface area contributed by atoms with Crippen molar-refractivity contribution in [1.29, 1.82) is 0 Å². The summed E-state index contributed by atoms with van der Waals surface area (Å²) in [5.74, 6) is -0.210. The van der Waals surface area contributed by atoms with Crippen molar-refractivity contribution < 1.29 is 9.21 Å². The second kappa shape index (κ2) is 7.44. The molecule has 1 aromatic carbocycles. The van der Waals surface area contributed by atoms with Crippen molar-refractivity contribution in [2.45, 2.75) is 40.3 Å². The van der Waals surface area contributed by atoms with Gasteiger partial charge in [-0.15, -0.1) is 0 Å². The predicted molar refractivity (Wildman–Crippen MR) is 115 cm³/mol. The van der Waals surface area contributed by atoms with E-state index in [0.29, 0.717) is 22.8 Å². The third kappa shape index (κ3) is 3.44. The van der Waals surface area contributed by atoms with Gasteiger partial charge in [-0.05, 0) is 39.3 Å². The monoisotopic (exact) mass is 410 g/mol. The Hall–Kier alpha value is -2.99. The number of hydrogen-bond acceptors (Lipinski definition) is 3. The fourth-order valence-corrected chi connectivity index (χ4v) is 3.85. The summed E-state index contributed by atoms with van der Waals surface area (Å²) in [6.45, 7) is 8.46. The van der Waals surface area contributed by atoms with Gasteiger partial charge in [0.25, 0.3) is 5.91 Å². The zero-order valence-electron chi connectivity index (χ0n) is 16.9. The Morgan fingerprint density at radius 3 is 2.69 bits per heavy atom. The van der Waals surface area contributed by atoms with Gasteiger partial charge in [-0.25, -0.2) is 0 Å². The number of anilines is 1. The number of halogens is 1. The van der Waals surface area contributed by atoms with Crippen LogP contribution in [0.25, 0.3) is 11.1 Å². The summed E-state index contributed by atoms with van der Waals surface area (Å²) in [5, 5.41) is 8.26. The summed E-state index contributed by atoms with van der Waals surface area (Å²) in [5.41, 5.74) is 5.41. The van der Waals surface area contributed by atoms with E-state index in [1.807, 2.05) is 53.4 Å². The van der Waals surface area contributed by atoms with Crippen LogP contribution in [0.4, 0.5) is 5.69 Å². The largest absolute Gasteiger partial charge is 0.463 e. The average molecular weight is 411 g/mol. The van der Waals surface area contributed by atoms with Crippen LogP contribution in [0.5, 0.6) is 0 Å². The Morgan fingerprint density at radius 2 is 2.00 bits per heavy atom. The van der Waals surface area contributed by atoms with Crippen LogP contribution in [-0.2, 0) is 6.54 Å². The normalized spacial score (nSPS) is 11.5. The molecule has 1 N–H and O–H groups in total. The lowest BCUT2D eigenvalue weighted by molar-refractivity contribution is 0.101. The van der Waals surface area contributed by atoms with E-state index >= 15 is 0 Å². The maximum atomic E-state index is 13.2. The number of fused-ring (bicyclic) bond motifs is 1. The smallest absolute Gasteiger partial charge is 0.272 e. The molecule has 0 spiro atoms. The molecule has 0 fully saturated rings. The average Bonchev–Trinajstić information content (AvgIpc) is 3.34. The zero-order valence-corrected chi connectivity index (χ0v) is 17.6. The van der Waals surface area contributed by atoms with E-state index in [1.54, 1.807) is 12.3 Å². The van der Waals surface area contributed by atoms with E-state index in [0.717, 1.165) is 28.2 Å². The van der Waals surface area contributed by atoms with Crippen LogP contribution in [0.1, 0.15) is 47.3 Å². The van der Waals surface area contributed by atoms with Crippen LogP contribution in [0.2, 0.25) is 5.02 Å². The third-order valence-corrected chi connectivity index (χ3v) is 5.46. The van der Waals surface area contributed by atoms with Crippen molar-refractivity contribution in [2.75, 3.05) is 5.32 Å². The standard InChI is InChI=1S/C22H23ClN4O2/c1-13(2)27-15(4)21(14(3)25-27)24-22(28)19-11-20-18(9-10-29-20)26(19)12-16-7-5-6-8-17(16)23/h5-11,13H,12H2,1-4H3,(H,24,28). The van der Waals surface area contributed by atoms with Crippen LogP contribution in [0.3, 0.4) is 0 Å². The molecule has 1 amide bonds. The number of carbonyl (C=O) groups excluding carboxylic acids is 1. The molecule has 0 radical (unpaired) electrons. The van der Waals surface area contributed by atoms with E-state index in [-0.39, 0.29) is 11.9 Å². The first-order chi connectivity index (χ1) is 13.9. The van der Waals surface area contributed by atoms with Gasteiger partial charge < -0.3 is 14.3 Å². The number of amides is 1. The van der Waals surface area contributed by atoms with Crippen molar-refractivity contribution in [1.82, 2.24) is 14.3 Å². The van der Waals surface area contributed by atoms with Crippen LogP contribution in [0, 0.1) is 13.8 Å².